The Labute approximate surface area is 134 Å². The summed E-state index contributed by atoms with van der Waals surface area (Å²) in [5.41, 5.74) is -0.300. The van der Waals surface area contributed by atoms with Crippen molar-refractivity contribution >= 4 is 17.8 Å². The molecule has 0 aliphatic rings. The van der Waals surface area contributed by atoms with Gasteiger partial charge in [-0.1, -0.05) is 0 Å². The van der Waals surface area contributed by atoms with Crippen LogP contribution in [0.2, 0.25) is 0 Å². The van der Waals surface area contributed by atoms with Gasteiger partial charge >= 0.3 is 12.1 Å². The topological polar surface area (TPSA) is 111 Å². The monoisotopic (exact) mass is 325 g/mol. The minimum Gasteiger partial charge on any atom is -0.480 e. The number of nitrogens with one attached hydrogen (secondary N) is 1. The first-order chi connectivity index (χ1) is 10.6. The zero-order valence-corrected chi connectivity index (χ0v) is 13.8. The Kier molecular flexibility index (Phi) is 6.29. The molecule has 0 saturated heterocycles. The van der Waals surface area contributed by atoms with E-state index in [-0.39, 0.29) is 18.6 Å². The van der Waals surface area contributed by atoms with Crippen molar-refractivity contribution in [2.24, 2.45) is 0 Å². The van der Waals surface area contributed by atoms with E-state index in [4.69, 9.17) is 9.84 Å². The Balaban J connectivity index is 2.57. The third-order valence-electron chi connectivity index (χ3n) is 2.93. The number of ether oxygens (including phenoxy) is 1. The van der Waals surface area contributed by atoms with E-state index in [0.29, 0.717) is 12.1 Å². The van der Waals surface area contributed by atoms with Crippen molar-refractivity contribution in [2.45, 2.75) is 58.7 Å². The van der Waals surface area contributed by atoms with Crippen molar-refractivity contribution in [3.8, 4) is 0 Å². The molecule has 0 unspecified atom stereocenters. The number of hydrogen-bond donors (Lipinski definition) is 2. The number of rotatable bonds is 7. The molecule has 8 heteroatoms. The molecule has 0 aliphatic heterocycles. The van der Waals surface area contributed by atoms with Gasteiger partial charge in [-0.2, -0.15) is 5.10 Å². The first-order valence-corrected chi connectivity index (χ1v) is 7.40. The predicted octanol–water partition coefficient (Wildman–Crippen LogP) is 1.84. The minimum atomic E-state index is -1.21. The lowest BCUT2D eigenvalue weighted by Crippen LogP contribution is -2.43. The molecule has 1 rings (SSSR count). The summed E-state index contributed by atoms with van der Waals surface area (Å²) in [5, 5.41) is 15.4. The third-order valence-corrected chi connectivity index (χ3v) is 2.93. The highest BCUT2D eigenvalue weighted by Crippen LogP contribution is 2.10. The Morgan fingerprint density at radius 3 is 2.52 bits per heavy atom. The molecular formula is C15H23N3O5. The van der Waals surface area contributed by atoms with Crippen LogP contribution in [-0.4, -0.2) is 44.4 Å². The summed E-state index contributed by atoms with van der Waals surface area (Å²) < 4.78 is 6.63. The number of nitrogens with zero attached hydrogens (tertiary/aromatic N) is 2. The average Bonchev–Trinajstić information content (AvgIpc) is 2.89. The summed E-state index contributed by atoms with van der Waals surface area (Å²) in [7, 11) is 0. The van der Waals surface area contributed by atoms with Crippen LogP contribution in [0.5, 0.6) is 0 Å². The smallest absolute Gasteiger partial charge is 0.408 e. The molecule has 1 aromatic rings. The molecule has 128 valence electrons. The first-order valence-electron chi connectivity index (χ1n) is 7.40. The van der Waals surface area contributed by atoms with E-state index in [1.807, 2.05) is 6.92 Å². The van der Waals surface area contributed by atoms with Gasteiger partial charge in [0.2, 0.25) is 0 Å². The Morgan fingerprint density at radius 2 is 2.04 bits per heavy atom. The second-order valence-electron chi connectivity index (χ2n) is 6.08. The lowest BCUT2D eigenvalue weighted by Gasteiger charge is -2.21. The van der Waals surface area contributed by atoms with Gasteiger partial charge < -0.3 is 15.2 Å². The molecule has 23 heavy (non-hydrogen) atoms. The summed E-state index contributed by atoms with van der Waals surface area (Å²) in [5.74, 6) is -1.44. The quantitative estimate of drug-likeness (QED) is 0.740. The first kappa shape index (κ1) is 18.7. The molecule has 1 amide bonds. The summed E-state index contributed by atoms with van der Waals surface area (Å²) in [4.78, 5) is 34.9. The molecular weight excluding hydrogens is 302 g/mol. The van der Waals surface area contributed by atoms with E-state index in [1.54, 1.807) is 31.6 Å². The highest BCUT2D eigenvalue weighted by Gasteiger charge is 2.24. The van der Waals surface area contributed by atoms with Crippen LogP contribution in [0.4, 0.5) is 4.79 Å². The van der Waals surface area contributed by atoms with Crippen molar-refractivity contribution in [3.05, 3.63) is 18.0 Å². The van der Waals surface area contributed by atoms with Crippen molar-refractivity contribution in [1.29, 1.82) is 0 Å². The van der Waals surface area contributed by atoms with Gasteiger partial charge in [-0.15, -0.1) is 0 Å². The summed E-state index contributed by atoms with van der Waals surface area (Å²) in [6.07, 6.45) is 2.20. The van der Waals surface area contributed by atoms with E-state index in [1.165, 1.54) is 6.20 Å². The number of aliphatic carboxylic acids is 1. The van der Waals surface area contributed by atoms with Crippen LogP contribution in [0.15, 0.2) is 12.4 Å². The van der Waals surface area contributed by atoms with Crippen molar-refractivity contribution in [3.63, 3.8) is 0 Å². The highest BCUT2D eigenvalue weighted by molar-refractivity contribution is 5.96. The molecule has 0 bridgehead atoms. The number of hydrogen-bond acceptors (Lipinski definition) is 5. The van der Waals surface area contributed by atoms with Gasteiger partial charge in [0.05, 0.1) is 11.8 Å². The number of carboxylic acids is 1. The second kappa shape index (κ2) is 7.75. The van der Waals surface area contributed by atoms with Crippen LogP contribution in [0.25, 0.3) is 0 Å². The van der Waals surface area contributed by atoms with Gasteiger partial charge in [0.1, 0.15) is 11.6 Å². The Morgan fingerprint density at radius 1 is 1.39 bits per heavy atom. The molecule has 1 aromatic heterocycles. The largest absolute Gasteiger partial charge is 0.480 e. The third kappa shape index (κ3) is 6.50. The SMILES string of the molecule is CCn1cc(C(=O)CC[C@@H](NC(=O)OC(C)(C)C)C(=O)O)cn1. The summed E-state index contributed by atoms with van der Waals surface area (Å²) in [6.45, 7) is 7.57. The maximum absolute atomic E-state index is 12.0. The fraction of sp³-hybridized carbons (Fsp3) is 0.600. The number of aromatic nitrogens is 2. The predicted molar refractivity (Wildman–Crippen MR) is 82.3 cm³/mol. The van der Waals surface area contributed by atoms with E-state index in [2.05, 4.69) is 10.4 Å². The van der Waals surface area contributed by atoms with Gasteiger partial charge in [-0.3, -0.25) is 9.48 Å². The number of alkyl carbamates (subject to hydrolysis) is 1. The minimum absolute atomic E-state index is 0.0117. The molecule has 0 radical (unpaired) electrons. The number of amides is 1. The highest BCUT2D eigenvalue weighted by atomic mass is 16.6. The number of carbonyl (C=O) groups excluding carboxylic acids is 2. The summed E-state index contributed by atoms with van der Waals surface area (Å²) >= 11 is 0. The van der Waals surface area contributed by atoms with E-state index in [9.17, 15) is 14.4 Å². The molecule has 1 atom stereocenters. The lowest BCUT2D eigenvalue weighted by molar-refractivity contribution is -0.139. The molecule has 0 aliphatic carbocycles. The molecule has 0 saturated carbocycles. The zero-order valence-electron chi connectivity index (χ0n) is 13.8. The van der Waals surface area contributed by atoms with Crippen molar-refractivity contribution in [2.75, 3.05) is 0 Å². The Bertz CT molecular complexity index is 574. The molecule has 0 aromatic carbocycles. The van der Waals surface area contributed by atoms with Crippen LogP contribution in [0.1, 0.15) is 50.9 Å². The molecule has 0 fully saturated rings. The van der Waals surface area contributed by atoms with Crippen LogP contribution in [0, 0.1) is 0 Å². The fourth-order valence-electron chi connectivity index (χ4n) is 1.81. The zero-order chi connectivity index (χ0) is 17.6. The van der Waals surface area contributed by atoms with E-state index in [0.717, 1.165) is 0 Å². The molecule has 8 nitrogen and oxygen atoms in total. The van der Waals surface area contributed by atoms with Crippen LogP contribution < -0.4 is 5.32 Å². The van der Waals surface area contributed by atoms with Gasteiger partial charge in [0, 0.05) is 19.2 Å². The average molecular weight is 325 g/mol. The van der Waals surface area contributed by atoms with Gasteiger partial charge in [0.25, 0.3) is 0 Å². The number of ketones is 1. The molecule has 1 heterocycles. The second-order valence-corrected chi connectivity index (χ2v) is 6.08. The van der Waals surface area contributed by atoms with Gasteiger partial charge in [0.15, 0.2) is 5.78 Å². The van der Waals surface area contributed by atoms with Crippen LogP contribution >= 0.6 is 0 Å². The fourth-order valence-corrected chi connectivity index (χ4v) is 1.81. The molecule has 0 spiro atoms. The van der Waals surface area contributed by atoms with Gasteiger partial charge in [-0.25, -0.2) is 9.59 Å². The Hall–Kier alpha value is -2.38. The number of Topliss-reactive ketones (excluding diaryl/α,β-unsaturated/α-hetero) is 1. The number of aryl methyl sites for hydroxylation is 1. The normalized spacial score (nSPS) is 12.5. The maximum Gasteiger partial charge on any atom is 0.408 e. The van der Waals surface area contributed by atoms with Crippen LogP contribution in [0.3, 0.4) is 0 Å². The van der Waals surface area contributed by atoms with Crippen molar-refractivity contribution < 1.29 is 24.2 Å². The van der Waals surface area contributed by atoms with Gasteiger partial charge in [-0.05, 0) is 34.1 Å². The van der Waals surface area contributed by atoms with E-state index < -0.39 is 23.7 Å². The lowest BCUT2D eigenvalue weighted by atomic mass is 10.1. The van der Waals surface area contributed by atoms with Crippen molar-refractivity contribution in [1.82, 2.24) is 15.1 Å². The number of carbonyl (C=O) groups is 3. The molecule has 2 N–H and O–H groups in total. The summed E-state index contributed by atoms with van der Waals surface area (Å²) in [6, 6.07) is -1.19. The maximum atomic E-state index is 12.0. The van der Waals surface area contributed by atoms with Crippen LogP contribution in [-0.2, 0) is 16.1 Å². The number of carboxylic acid groups (broad SMARTS) is 1. The van der Waals surface area contributed by atoms with E-state index >= 15 is 0 Å². The standard InChI is InChI=1S/C15H23N3O5/c1-5-18-9-10(8-16-18)12(19)7-6-11(13(20)21)17-14(22)23-15(2,3)4/h8-9,11H,5-7H2,1-4H3,(H,17,22)(H,20,21)/t11-/m1/s1.